The van der Waals surface area contributed by atoms with E-state index in [0.717, 1.165) is 22.5 Å². The molecule has 6 rings (SSSR count). The summed E-state index contributed by atoms with van der Waals surface area (Å²) in [6.07, 6.45) is -1.80. The third-order valence-electron chi connectivity index (χ3n) is 7.37. The summed E-state index contributed by atoms with van der Waals surface area (Å²) in [5.41, 5.74) is 2.87. The van der Waals surface area contributed by atoms with Gasteiger partial charge in [-0.3, -0.25) is 4.79 Å². The van der Waals surface area contributed by atoms with Crippen molar-refractivity contribution in [3.05, 3.63) is 99.7 Å². The Bertz CT molecular complexity index is 2240. The first-order valence-electron chi connectivity index (χ1n) is 14.5. The predicted molar refractivity (Wildman–Crippen MR) is 179 cm³/mol. The Labute approximate surface area is 289 Å². The first-order valence-corrected chi connectivity index (χ1v) is 18.9. The SMILES string of the molecule is O=C(O)NS(=O)(=O)NCc1nnc(C(c2nc3ccc(-c4ccc(C(=O)N5CCOCC5)c(Cl)c4)cc3s2)S(=O)(=O)Cc2ccccc2)o1. The summed E-state index contributed by atoms with van der Waals surface area (Å²) in [5.74, 6) is -1.21. The van der Waals surface area contributed by atoms with E-state index >= 15 is 0 Å². The first-order chi connectivity index (χ1) is 23.4. The highest BCUT2D eigenvalue weighted by atomic mass is 35.5. The minimum absolute atomic E-state index is 0.135. The van der Waals surface area contributed by atoms with Crippen molar-refractivity contribution >= 4 is 65.2 Å². The van der Waals surface area contributed by atoms with Gasteiger partial charge in [0.1, 0.15) is 5.01 Å². The molecule has 49 heavy (non-hydrogen) atoms. The van der Waals surface area contributed by atoms with Crippen LogP contribution in [0.4, 0.5) is 4.79 Å². The molecule has 1 aliphatic rings. The number of rotatable bonds is 11. The maximum Gasteiger partial charge on any atom is 0.419 e. The molecule has 15 nitrogen and oxygen atoms in total. The normalized spacial score (nSPS) is 14.5. The van der Waals surface area contributed by atoms with E-state index in [2.05, 4.69) is 15.2 Å². The molecule has 256 valence electrons. The lowest BCUT2D eigenvalue weighted by atomic mass is 10.0. The fourth-order valence-electron chi connectivity index (χ4n) is 5.09. The minimum atomic E-state index is -4.46. The van der Waals surface area contributed by atoms with Crippen molar-refractivity contribution in [1.29, 1.82) is 0 Å². The molecule has 3 aromatic carbocycles. The summed E-state index contributed by atoms with van der Waals surface area (Å²) in [6.45, 7) is 1.29. The molecule has 1 unspecified atom stereocenters. The largest absolute Gasteiger partial charge is 0.464 e. The lowest BCUT2D eigenvalue weighted by Gasteiger charge is -2.27. The van der Waals surface area contributed by atoms with Crippen molar-refractivity contribution in [1.82, 2.24) is 29.5 Å². The van der Waals surface area contributed by atoms with Gasteiger partial charge in [-0.15, -0.1) is 21.5 Å². The topological polar surface area (TPSA) is 211 Å². The van der Waals surface area contributed by atoms with E-state index < -0.39 is 37.9 Å². The van der Waals surface area contributed by atoms with Gasteiger partial charge in [-0.05, 0) is 41.0 Å². The molecule has 1 aliphatic heterocycles. The zero-order valence-electron chi connectivity index (χ0n) is 25.3. The molecular weight excluding hydrogens is 720 g/mol. The van der Waals surface area contributed by atoms with E-state index in [1.54, 1.807) is 65.6 Å². The van der Waals surface area contributed by atoms with Crippen LogP contribution >= 0.6 is 22.9 Å². The average molecular weight is 747 g/mol. The van der Waals surface area contributed by atoms with Crippen LogP contribution in [0.15, 0.2) is 71.1 Å². The van der Waals surface area contributed by atoms with Crippen LogP contribution in [0.1, 0.15) is 38.0 Å². The van der Waals surface area contributed by atoms with Gasteiger partial charge in [-0.25, -0.2) is 22.9 Å². The zero-order chi connectivity index (χ0) is 34.8. The third-order valence-corrected chi connectivity index (χ3v) is 11.8. The molecule has 0 radical (unpaired) electrons. The Balaban J connectivity index is 1.31. The van der Waals surface area contributed by atoms with Crippen LogP contribution in [0, 0.1) is 0 Å². The smallest absolute Gasteiger partial charge is 0.419 e. The molecule has 19 heteroatoms. The van der Waals surface area contributed by atoms with E-state index in [1.807, 2.05) is 10.8 Å². The van der Waals surface area contributed by atoms with Gasteiger partial charge in [-0.1, -0.05) is 54.1 Å². The van der Waals surface area contributed by atoms with Crippen LogP contribution < -0.4 is 9.44 Å². The number of thiazole rings is 1. The number of fused-ring (bicyclic) bond motifs is 1. The highest BCUT2D eigenvalue weighted by Gasteiger charge is 2.37. The maximum atomic E-state index is 14.0. The number of morpholine rings is 1. The number of aromatic nitrogens is 3. The lowest BCUT2D eigenvalue weighted by Crippen LogP contribution is -2.40. The number of carboxylic acid groups (broad SMARTS) is 1. The summed E-state index contributed by atoms with van der Waals surface area (Å²) in [6, 6.07) is 19.0. The molecule has 3 N–H and O–H groups in total. The van der Waals surface area contributed by atoms with Crippen LogP contribution in [0.2, 0.25) is 5.02 Å². The number of hydrogen-bond donors (Lipinski definition) is 3. The highest BCUT2D eigenvalue weighted by molar-refractivity contribution is 7.91. The Hall–Kier alpha value is -4.46. The van der Waals surface area contributed by atoms with Crippen LogP contribution in [0.5, 0.6) is 0 Å². The number of hydrogen-bond acceptors (Lipinski definition) is 12. The van der Waals surface area contributed by atoms with E-state index in [4.69, 9.17) is 25.9 Å². The van der Waals surface area contributed by atoms with Gasteiger partial charge < -0.3 is 19.2 Å². The molecule has 3 heterocycles. The molecule has 1 atom stereocenters. The number of ether oxygens (including phenoxy) is 1. The van der Waals surface area contributed by atoms with Crippen LogP contribution in [-0.2, 0) is 37.1 Å². The van der Waals surface area contributed by atoms with Crippen molar-refractivity contribution in [3.63, 3.8) is 0 Å². The summed E-state index contributed by atoms with van der Waals surface area (Å²) in [4.78, 5) is 30.0. The summed E-state index contributed by atoms with van der Waals surface area (Å²) in [5, 5.41) is 15.3. The summed E-state index contributed by atoms with van der Waals surface area (Å²) in [7, 11) is -8.56. The van der Waals surface area contributed by atoms with E-state index in [9.17, 15) is 26.4 Å². The number of carbonyl (C=O) groups is 2. The fraction of sp³-hybridized carbons (Fsp3) is 0.233. The van der Waals surface area contributed by atoms with Crippen LogP contribution in [0.25, 0.3) is 21.3 Å². The molecule has 1 fully saturated rings. The van der Waals surface area contributed by atoms with Crippen molar-refractivity contribution in [2.45, 2.75) is 17.5 Å². The molecule has 1 saturated heterocycles. The first kappa shape index (κ1) is 34.4. The molecule has 0 saturated carbocycles. The fourth-order valence-corrected chi connectivity index (χ4v) is 9.12. The quantitative estimate of drug-likeness (QED) is 0.176. The van der Waals surface area contributed by atoms with Crippen LogP contribution in [0.3, 0.4) is 0 Å². The second-order valence-electron chi connectivity index (χ2n) is 10.8. The van der Waals surface area contributed by atoms with Crippen LogP contribution in [-0.4, -0.2) is 80.3 Å². The minimum Gasteiger partial charge on any atom is -0.464 e. The maximum absolute atomic E-state index is 14.0. The number of nitrogens with one attached hydrogen (secondary N) is 2. The van der Waals surface area contributed by atoms with Gasteiger partial charge in [-0.2, -0.15) is 13.1 Å². The Kier molecular flexibility index (Phi) is 9.96. The van der Waals surface area contributed by atoms with Gasteiger partial charge >= 0.3 is 16.3 Å². The molecule has 0 spiro atoms. The zero-order valence-corrected chi connectivity index (χ0v) is 28.5. The third kappa shape index (κ3) is 8.06. The van der Waals surface area contributed by atoms with Crippen molar-refractivity contribution in [2.75, 3.05) is 26.3 Å². The summed E-state index contributed by atoms with van der Waals surface area (Å²) >= 11 is 7.67. The van der Waals surface area contributed by atoms with Crippen molar-refractivity contribution in [2.24, 2.45) is 0 Å². The Morgan fingerprint density at radius 1 is 0.980 bits per heavy atom. The number of halogens is 1. The van der Waals surface area contributed by atoms with Gasteiger partial charge in [0.2, 0.25) is 11.8 Å². The predicted octanol–water partition coefficient (Wildman–Crippen LogP) is 3.78. The van der Waals surface area contributed by atoms with Gasteiger partial charge in [0.25, 0.3) is 5.91 Å². The molecule has 5 aromatic rings. The number of carbonyl (C=O) groups excluding carboxylic acids is 1. The van der Waals surface area contributed by atoms with E-state index in [1.165, 1.54) is 4.72 Å². The van der Waals surface area contributed by atoms with Gasteiger partial charge in [0.15, 0.2) is 15.1 Å². The number of sulfone groups is 1. The van der Waals surface area contributed by atoms with Gasteiger partial charge in [0, 0.05) is 13.1 Å². The van der Waals surface area contributed by atoms with Crippen molar-refractivity contribution in [3.8, 4) is 11.1 Å². The molecule has 2 aromatic heterocycles. The second-order valence-corrected chi connectivity index (χ2v) is 15.8. The number of amides is 2. The molecule has 0 bridgehead atoms. The molecule has 0 aliphatic carbocycles. The average Bonchev–Trinajstić information content (AvgIpc) is 3.70. The standard InChI is InChI=1S/C30H27ClN6O9S3/c31-22-14-19(6-8-21(22)29(38)37-10-12-45-13-11-37)20-7-9-23-24(15-20)47-28(33-23)26(48(41,42)17-18-4-2-1-3-5-18)27-35-34-25(46-27)16-32-49(43,44)36-30(39)40/h1-9,14-15,26,32,36H,10-13,16-17H2,(H,39,40). The Morgan fingerprint density at radius 3 is 2.41 bits per heavy atom. The molecule has 2 amide bonds. The lowest BCUT2D eigenvalue weighted by molar-refractivity contribution is 0.0303. The Morgan fingerprint density at radius 2 is 1.69 bits per heavy atom. The van der Waals surface area contributed by atoms with Crippen molar-refractivity contribution < 1.29 is 40.7 Å². The molecular formula is C30H27ClN6O9S3. The van der Waals surface area contributed by atoms with Gasteiger partial charge in [0.05, 0.1) is 46.3 Å². The number of nitrogens with zero attached hydrogens (tertiary/aromatic N) is 4. The second kappa shape index (κ2) is 14.2. The highest BCUT2D eigenvalue weighted by Crippen LogP contribution is 2.38. The van der Waals surface area contributed by atoms with E-state index in [-0.39, 0.29) is 28.4 Å². The summed E-state index contributed by atoms with van der Waals surface area (Å²) < 4.78 is 66.5. The van der Waals surface area contributed by atoms with E-state index in [0.29, 0.717) is 52.7 Å². The number of benzene rings is 3. The monoisotopic (exact) mass is 746 g/mol.